The summed E-state index contributed by atoms with van der Waals surface area (Å²) in [5.41, 5.74) is 2.07. The number of hydrogen-bond acceptors (Lipinski definition) is 5. The van der Waals surface area contributed by atoms with Crippen molar-refractivity contribution in [3.05, 3.63) is 35.7 Å². The van der Waals surface area contributed by atoms with E-state index in [1.807, 2.05) is 18.2 Å². The van der Waals surface area contributed by atoms with E-state index in [1.54, 1.807) is 10.9 Å². The van der Waals surface area contributed by atoms with Crippen molar-refractivity contribution in [2.45, 2.75) is 57.4 Å². The van der Waals surface area contributed by atoms with Crippen LogP contribution in [-0.2, 0) is 12.8 Å². The van der Waals surface area contributed by atoms with Crippen LogP contribution in [0.4, 0.5) is 0 Å². The molecule has 0 radical (unpaired) electrons. The van der Waals surface area contributed by atoms with E-state index in [2.05, 4.69) is 19.9 Å². The molecular formula is C23H33N5O. The number of aromatic nitrogens is 3. The van der Waals surface area contributed by atoms with Crippen LogP contribution >= 0.6 is 0 Å². The van der Waals surface area contributed by atoms with Crippen molar-refractivity contribution in [3.63, 3.8) is 0 Å². The molecule has 2 aliphatic carbocycles. The molecule has 0 amide bonds. The average molecular weight is 396 g/mol. The maximum Gasteiger partial charge on any atom is 0.219 e. The molecule has 156 valence electrons. The third-order valence-electron chi connectivity index (χ3n) is 7.22. The standard InChI is InChI=1S/C23H33N5O/c29-23-20-16-19(9-10-21(20)25-28(23)22-8-4-5-11-24-22)27-14-12-26(13-15-27)17-18-6-2-1-3-7-18/h4-5,8,11,18-19,29H,1-3,6-7,9-10,12-17H2. The molecule has 29 heavy (non-hydrogen) atoms. The highest BCUT2D eigenvalue weighted by Gasteiger charge is 2.32. The zero-order valence-corrected chi connectivity index (χ0v) is 17.3. The molecular weight excluding hydrogens is 362 g/mol. The normalized spacial score (nSPS) is 24.5. The highest BCUT2D eigenvalue weighted by atomic mass is 16.3. The van der Waals surface area contributed by atoms with Crippen molar-refractivity contribution in [1.29, 1.82) is 0 Å². The summed E-state index contributed by atoms with van der Waals surface area (Å²) in [7, 11) is 0. The van der Waals surface area contributed by atoms with Gasteiger partial charge in [-0.3, -0.25) is 4.90 Å². The average Bonchev–Trinajstić information content (AvgIpc) is 3.12. The Bertz CT molecular complexity index is 806. The molecule has 2 aromatic rings. The van der Waals surface area contributed by atoms with E-state index in [0.717, 1.165) is 49.5 Å². The monoisotopic (exact) mass is 395 g/mol. The minimum atomic E-state index is 0.277. The lowest BCUT2D eigenvalue weighted by Gasteiger charge is -2.41. The molecule has 1 aliphatic heterocycles. The number of fused-ring (bicyclic) bond motifs is 1. The topological polar surface area (TPSA) is 57.4 Å². The lowest BCUT2D eigenvalue weighted by molar-refractivity contribution is 0.0754. The molecule has 1 atom stereocenters. The predicted molar refractivity (Wildman–Crippen MR) is 113 cm³/mol. The van der Waals surface area contributed by atoms with E-state index >= 15 is 0 Å². The van der Waals surface area contributed by atoms with Gasteiger partial charge in [0, 0.05) is 50.5 Å². The van der Waals surface area contributed by atoms with Gasteiger partial charge in [0.05, 0.1) is 5.69 Å². The second-order valence-electron chi connectivity index (χ2n) is 9.09. The van der Waals surface area contributed by atoms with E-state index in [4.69, 9.17) is 0 Å². The lowest BCUT2D eigenvalue weighted by Crippen LogP contribution is -2.52. The van der Waals surface area contributed by atoms with E-state index in [0.29, 0.717) is 11.9 Å². The number of piperazine rings is 1. The summed E-state index contributed by atoms with van der Waals surface area (Å²) in [5.74, 6) is 1.90. The van der Waals surface area contributed by atoms with Crippen molar-refractivity contribution in [1.82, 2.24) is 24.6 Å². The Kier molecular flexibility index (Phi) is 5.55. The van der Waals surface area contributed by atoms with Crippen LogP contribution in [0, 0.1) is 5.92 Å². The zero-order chi connectivity index (χ0) is 19.6. The molecule has 3 aliphatic rings. The van der Waals surface area contributed by atoms with Gasteiger partial charge in [-0.25, -0.2) is 4.98 Å². The molecule has 3 heterocycles. The molecule has 6 nitrogen and oxygen atoms in total. The first-order chi connectivity index (χ1) is 14.3. The number of rotatable bonds is 4. The molecule has 5 rings (SSSR count). The van der Waals surface area contributed by atoms with Gasteiger partial charge >= 0.3 is 0 Å². The molecule has 0 spiro atoms. The molecule has 1 N–H and O–H groups in total. The molecule has 2 aromatic heterocycles. The minimum Gasteiger partial charge on any atom is -0.493 e. The maximum atomic E-state index is 10.8. The first-order valence-corrected chi connectivity index (χ1v) is 11.5. The Labute approximate surface area is 173 Å². The lowest BCUT2D eigenvalue weighted by atomic mass is 9.88. The van der Waals surface area contributed by atoms with Crippen LogP contribution in [0.25, 0.3) is 5.82 Å². The highest BCUT2D eigenvalue weighted by Crippen LogP contribution is 2.32. The fourth-order valence-corrected chi connectivity index (χ4v) is 5.53. The first kappa shape index (κ1) is 19.1. The van der Waals surface area contributed by atoms with Gasteiger partial charge in [0.1, 0.15) is 0 Å². The maximum absolute atomic E-state index is 10.8. The van der Waals surface area contributed by atoms with Crippen LogP contribution in [0.15, 0.2) is 24.4 Å². The number of pyridine rings is 1. The molecule has 1 saturated carbocycles. The van der Waals surface area contributed by atoms with Gasteiger partial charge in [-0.1, -0.05) is 25.3 Å². The second-order valence-corrected chi connectivity index (χ2v) is 9.09. The predicted octanol–water partition coefficient (Wildman–Crippen LogP) is 3.03. The van der Waals surface area contributed by atoms with Gasteiger partial charge in [0.2, 0.25) is 5.88 Å². The third kappa shape index (κ3) is 4.05. The van der Waals surface area contributed by atoms with Crippen molar-refractivity contribution >= 4 is 0 Å². The summed E-state index contributed by atoms with van der Waals surface area (Å²) in [4.78, 5) is 9.69. The van der Waals surface area contributed by atoms with Crippen LogP contribution in [0.2, 0.25) is 0 Å². The number of hydrogen-bond donors (Lipinski definition) is 1. The summed E-state index contributed by atoms with van der Waals surface area (Å²) in [6.45, 7) is 6.00. The third-order valence-corrected chi connectivity index (χ3v) is 7.22. The van der Waals surface area contributed by atoms with Crippen molar-refractivity contribution in [3.8, 4) is 11.7 Å². The van der Waals surface area contributed by atoms with Gasteiger partial charge in [0.25, 0.3) is 0 Å². The van der Waals surface area contributed by atoms with Crippen LogP contribution in [0.3, 0.4) is 0 Å². The minimum absolute atomic E-state index is 0.277. The Morgan fingerprint density at radius 2 is 1.83 bits per heavy atom. The van der Waals surface area contributed by atoms with Crippen molar-refractivity contribution in [2.24, 2.45) is 5.92 Å². The van der Waals surface area contributed by atoms with Gasteiger partial charge in [-0.05, 0) is 50.2 Å². The van der Waals surface area contributed by atoms with Crippen molar-refractivity contribution < 1.29 is 5.11 Å². The van der Waals surface area contributed by atoms with Gasteiger partial charge < -0.3 is 10.0 Å². The summed E-state index contributed by atoms with van der Waals surface area (Å²) in [5, 5.41) is 15.5. The van der Waals surface area contributed by atoms with Gasteiger partial charge in [-0.2, -0.15) is 9.78 Å². The van der Waals surface area contributed by atoms with Crippen LogP contribution < -0.4 is 0 Å². The molecule has 1 saturated heterocycles. The summed E-state index contributed by atoms with van der Waals surface area (Å²) < 4.78 is 1.61. The fourth-order valence-electron chi connectivity index (χ4n) is 5.53. The molecule has 6 heteroatoms. The Morgan fingerprint density at radius 1 is 1.00 bits per heavy atom. The van der Waals surface area contributed by atoms with Gasteiger partial charge in [0.15, 0.2) is 5.82 Å². The zero-order valence-electron chi connectivity index (χ0n) is 17.3. The van der Waals surface area contributed by atoms with Crippen LogP contribution in [0.5, 0.6) is 5.88 Å². The fraction of sp³-hybridized carbons (Fsp3) is 0.652. The van der Waals surface area contributed by atoms with E-state index in [-0.39, 0.29) is 5.88 Å². The van der Waals surface area contributed by atoms with Gasteiger partial charge in [-0.15, -0.1) is 0 Å². The number of aromatic hydroxyl groups is 1. The highest BCUT2D eigenvalue weighted by molar-refractivity contribution is 5.39. The van der Waals surface area contributed by atoms with Crippen LogP contribution in [0.1, 0.15) is 49.8 Å². The Balaban J connectivity index is 1.20. The molecule has 0 bridgehead atoms. The summed E-state index contributed by atoms with van der Waals surface area (Å²) >= 11 is 0. The smallest absolute Gasteiger partial charge is 0.219 e. The molecule has 1 unspecified atom stereocenters. The molecule has 0 aromatic carbocycles. The first-order valence-electron chi connectivity index (χ1n) is 11.5. The Morgan fingerprint density at radius 3 is 2.59 bits per heavy atom. The summed E-state index contributed by atoms with van der Waals surface area (Å²) in [6, 6.07) is 6.22. The SMILES string of the molecule is Oc1c2c(nn1-c1ccccn1)CCC(N1CCN(CC3CCCCC3)CC1)C2. The quantitative estimate of drug-likeness (QED) is 0.862. The second kappa shape index (κ2) is 8.44. The van der Waals surface area contributed by atoms with Crippen molar-refractivity contribution in [2.75, 3.05) is 32.7 Å². The van der Waals surface area contributed by atoms with Crippen LogP contribution in [-0.4, -0.2) is 68.4 Å². The van der Waals surface area contributed by atoms with E-state index in [1.165, 1.54) is 51.7 Å². The number of aryl methyl sites for hydroxylation is 1. The Hall–Kier alpha value is -1.92. The van der Waals surface area contributed by atoms with E-state index < -0.39 is 0 Å². The summed E-state index contributed by atoms with van der Waals surface area (Å²) in [6.07, 6.45) is 11.9. The largest absolute Gasteiger partial charge is 0.493 e. The molecule has 2 fully saturated rings. The van der Waals surface area contributed by atoms with E-state index in [9.17, 15) is 5.11 Å². The number of nitrogens with zero attached hydrogens (tertiary/aromatic N) is 5.